The number of hydrogen-bond donors (Lipinski definition) is 0. The van der Waals surface area contributed by atoms with E-state index in [0.29, 0.717) is 10.3 Å². The molecule has 0 aromatic rings. The molecule has 2 heteroatoms. The highest BCUT2D eigenvalue weighted by molar-refractivity contribution is 7.25. The largest absolute Gasteiger partial charge is 0.131 e. The Hall–Kier alpha value is 0.860. The molecule has 0 amide bonds. The van der Waals surface area contributed by atoms with Gasteiger partial charge < -0.3 is 0 Å². The van der Waals surface area contributed by atoms with Gasteiger partial charge in [0, 0.05) is 0 Å². The Balaban J connectivity index is 4.14. The summed E-state index contributed by atoms with van der Waals surface area (Å²) in [5.74, 6) is 0. The lowest BCUT2D eigenvalue weighted by Crippen LogP contribution is -2.35. The molecule has 0 radical (unpaired) electrons. The van der Waals surface area contributed by atoms with E-state index in [2.05, 4.69) is 46.2 Å². The molecule has 0 fully saturated rings. The van der Waals surface area contributed by atoms with E-state index >= 15 is 0 Å². The van der Waals surface area contributed by atoms with Crippen LogP contribution in [0.15, 0.2) is 0 Å². The third-order valence-electron chi connectivity index (χ3n) is 2.21. The second kappa shape index (κ2) is 2.85. The summed E-state index contributed by atoms with van der Waals surface area (Å²) in [6.07, 6.45) is 1.20. The van der Waals surface area contributed by atoms with Crippen molar-refractivity contribution in [2.75, 3.05) is 0 Å². The SMILES string of the molecule is CCC(C)(P)C(C)(C)P. The Labute approximate surface area is 63.6 Å². The molecule has 0 aromatic carbocycles. The summed E-state index contributed by atoms with van der Waals surface area (Å²) < 4.78 is 0. The molecule has 0 aliphatic heterocycles. The lowest BCUT2D eigenvalue weighted by Gasteiger charge is -2.37. The monoisotopic (exact) mass is 164 g/mol. The summed E-state index contributed by atoms with van der Waals surface area (Å²) in [6, 6.07) is 0. The molecule has 3 atom stereocenters. The van der Waals surface area contributed by atoms with Crippen molar-refractivity contribution >= 4 is 18.5 Å². The Morgan fingerprint density at radius 1 is 1.11 bits per heavy atom. The first-order valence-electron chi connectivity index (χ1n) is 3.39. The van der Waals surface area contributed by atoms with Gasteiger partial charge in [0.25, 0.3) is 0 Å². The molecule has 0 N–H and O–H groups in total. The maximum Gasteiger partial charge on any atom is -0.00958 e. The quantitative estimate of drug-likeness (QED) is 0.550. The van der Waals surface area contributed by atoms with Gasteiger partial charge in [0.1, 0.15) is 0 Å². The molecule has 0 aromatic heterocycles. The molecule has 0 bridgehead atoms. The lowest BCUT2D eigenvalue weighted by atomic mass is 9.93. The van der Waals surface area contributed by atoms with E-state index in [4.69, 9.17) is 0 Å². The van der Waals surface area contributed by atoms with Gasteiger partial charge in [-0.05, 0) is 16.7 Å². The van der Waals surface area contributed by atoms with Crippen molar-refractivity contribution in [3.8, 4) is 0 Å². The smallest absolute Gasteiger partial charge is 0.00958 e. The van der Waals surface area contributed by atoms with Gasteiger partial charge in [-0.25, -0.2) is 0 Å². The minimum atomic E-state index is 0.326. The van der Waals surface area contributed by atoms with E-state index in [1.807, 2.05) is 0 Å². The Bertz CT molecular complexity index is 89.6. The van der Waals surface area contributed by atoms with Crippen LogP contribution in [0.4, 0.5) is 0 Å². The summed E-state index contributed by atoms with van der Waals surface area (Å²) in [6.45, 7) is 8.98. The van der Waals surface area contributed by atoms with Gasteiger partial charge in [0.2, 0.25) is 0 Å². The molecule has 0 saturated carbocycles. The third-order valence-corrected chi connectivity index (χ3v) is 4.35. The molecule has 9 heavy (non-hydrogen) atoms. The Kier molecular flexibility index (Phi) is 3.12. The zero-order valence-electron chi connectivity index (χ0n) is 6.86. The summed E-state index contributed by atoms with van der Waals surface area (Å²) in [7, 11) is 5.80. The van der Waals surface area contributed by atoms with Crippen LogP contribution in [0.1, 0.15) is 34.1 Å². The summed E-state index contributed by atoms with van der Waals surface area (Å²) in [5.41, 5.74) is 0. The van der Waals surface area contributed by atoms with Gasteiger partial charge in [-0.3, -0.25) is 0 Å². The molecule has 0 saturated heterocycles. The number of hydrogen-bond acceptors (Lipinski definition) is 0. The standard InChI is InChI=1S/C7H18P2/c1-5-7(4,9)6(2,3)8/h5,8-9H2,1-4H3. The van der Waals surface area contributed by atoms with Crippen LogP contribution in [-0.4, -0.2) is 10.3 Å². The lowest BCUT2D eigenvalue weighted by molar-refractivity contribution is 0.496. The van der Waals surface area contributed by atoms with Crippen molar-refractivity contribution in [1.82, 2.24) is 0 Å². The average Bonchev–Trinajstić information content (AvgIpc) is 1.64. The average molecular weight is 164 g/mol. The predicted molar refractivity (Wildman–Crippen MR) is 52.2 cm³/mol. The van der Waals surface area contributed by atoms with E-state index in [9.17, 15) is 0 Å². The van der Waals surface area contributed by atoms with Crippen LogP contribution in [0.25, 0.3) is 0 Å². The van der Waals surface area contributed by atoms with Gasteiger partial charge >= 0.3 is 0 Å². The van der Waals surface area contributed by atoms with Crippen LogP contribution in [0.3, 0.4) is 0 Å². The molecule has 0 rings (SSSR count). The fourth-order valence-corrected chi connectivity index (χ4v) is 0.660. The topological polar surface area (TPSA) is 0 Å². The van der Waals surface area contributed by atoms with Crippen molar-refractivity contribution in [3.05, 3.63) is 0 Å². The van der Waals surface area contributed by atoms with E-state index in [1.165, 1.54) is 6.42 Å². The van der Waals surface area contributed by atoms with Gasteiger partial charge in [0.05, 0.1) is 0 Å². The van der Waals surface area contributed by atoms with Crippen LogP contribution in [0, 0.1) is 0 Å². The maximum absolute atomic E-state index is 2.92. The fourth-order valence-electron chi connectivity index (χ4n) is 0.456. The highest BCUT2D eigenvalue weighted by Gasteiger charge is 2.30. The van der Waals surface area contributed by atoms with Crippen LogP contribution in [-0.2, 0) is 0 Å². The summed E-state index contributed by atoms with van der Waals surface area (Å²) >= 11 is 0. The first-order chi connectivity index (χ1) is 3.81. The first kappa shape index (κ1) is 9.86. The summed E-state index contributed by atoms with van der Waals surface area (Å²) in [4.78, 5) is 0. The molecule has 0 heterocycles. The third kappa shape index (κ3) is 2.52. The van der Waals surface area contributed by atoms with Crippen molar-refractivity contribution in [3.63, 3.8) is 0 Å². The van der Waals surface area contributed by atoms with E-state index in [0.717, 1.165) is 0 Å². The molecule has 0 aliphatic rings. The minimum Gasteiger partial charge on any atom is -0.131 e. The zero-order valence-corrected chi connectivity index (χ0v) is 9.17. The van der Waals surface area contributed by atoms with E-state index in [-0.39, 0.29) is 0 Å². The van der Waals surface area contributed by atoms with Crippen molar-refractivity contribution in [2.24, 2.45) is 0 Å². The molecule has 56 valence electrons. The van der Waals surface area contributed by atoms with E-state index < -0.39 is 0 Å². The second-order valence-electron chi connectivity index (χ2n) is 3.49. The van der Waals surface area contributed by atoms with Gasteiger partial charge in [-0.1, -0.05) is 27.7 Å². The van der Waals surface area contributed by atoms with Gasteiger partial charge in [-0.15, -0.1) is 18.5 Å². The molecule has 3 unspecified atom stereocenters. The molecular weight excluding hydrogens is 146 g/mol. The summed E-state index contributed by atoms with van der Waals surface area (Å²) in [5, 5.41) is 0.685. The van der Waals surface area contributed by atoms with Crippen LogP contribution in [0.5, 0.6) is 0 Å². The van der Waals surface area contributed by atoms with Crippen LogP contribution < -0.4 is 0 Å². The second-order valence-corrected chi connectivity index (χ2v) is 6.21. The van der Waals surface area contributed by atoms with Crippen LogP contribution >= 0.6 is 18.5 Å². The van der Waals surface area contributed by atoms with Crippen molar-refractivity contribution in [1.29, 1.82) is 0 Å². The minimum absolute atomic E-state index is 0.326. The Morgan fingerprint density at radius 2 is 1.44 bits per heavy atom. The van der Waals surface area contributed by atoms with Gasteiger partial charge in [-0.2, -0.15) is 0 Å². The molecule has 0 spiro atoms. The highest BCUT2D eigenvalue weighted by atomic mass is 31.0. The highest BCUT2D eigenvalue weighted by Crippen LogP contribution is 2.40. The van der Waals surface area contributed by atoms with Gasteiger partial charge in [0.15, 0.2) is 0 Å². The first-order valence-corrected chi connectivity index (χ1v) is 4.54. The van der Waals surface area contributed by atoms with Crippen molar-refractivity contribution in [2.45, 2.75) is 44.4 Å². The zero-order chi connectivity index (χ0) is 7.71. The molecular formula is C7H18P2. The predicted octanol–water partition coefficient (Wildman–Crippen LogP) is 2.68. The maximum atomic E-state index is 2.92. The van der Waals surface area contributed by atoms with Crippen molar-refractivity contribution < 1.29 is 0 Å². The molecule has 0 nitrogen and oxygen atoms in total. The van der Waals surface area contributed by atoms with Crippen LogP contribution in [0.2, 0.25) is 0 Å². The number of rotatable bonds is 2. The fraction of sp³-hybridized carbons (Fsp3) is 1.00. The normalized spacial score (nSPS) is 19.3. The van der Waals surface area contributed by atoms with E-state index in [1.54, 1.807) is 0 Å². The molecule has 0 aliphatic carbocycles. The Morgan fingerprint density at radius 3 is 1.44 bits per heavy atom.